The first-order valence-electron chi connectivity index (χ1n) is 9.65. The smallest absolute Gasteiger partial charge is 0.162 e. The van der Waals surface area contributed by atoms with E-state index in [1.54, 1.807) is 36.5 Å². The number of hydrogen-bond donors (Lipinski definition) is 2. The number of halogens is 1. The lowest BCUT2D eigenvalue weighted by atomic mass is 10.0. The van der Waals surface area contributed by atoms with E-state index in [2.05, 4.69) is 16.8 Å². The average Bonchev–Trinajstić information content (AvgIpc) is 2.71. The van der Waals surface area contributed by atoms with Crippen molar-refractivity contribution >= 4 is 34.0 Å². The summed E-state index contributed by atoms with van der Waals surface area (Å²) in [6, 6.07) is 12.6. The van der Waals surface area contributed by atoms with E-state index in [9.17, 15) is 9.90 Å². The van der Waals surface area contributed by atoms with Crippen LogP contribution in [0.5, 0.6) is 0 Å². The van der Waals surface area contributed by atoms with Crippen molar-refractivity contribution in [1.29, 1.82) is 0 Å². The number of nitrogen functional groups attached to an aromatic ring is 1. The van der Waals surface area contributed by atoms with Gasteiger partial charge in [-0.1, -0.05) is 41.6 Å². The molecular formula is C24H24ClN3O2. The van der Waals surface area contributed by atoms with E-state index in [0.29, 0.717) is 41.4 Å². The van der Waals surface area contributed by atoms with Crippen LogP contribution in [0.1, 0.15) is 34.3 Å². The first-order chi connectivity index (χ1) is 14.3. The highest BCUT2D eigenvalue weighted by molar-refractivity contribution is 6.31. The molecular weight excluding hydrogens is 398 g/mol. The molecule has 5 nitrogen and oxygen atoms in total. The average molecular weight is 422 g/mol. The lowest BCUT2D eigenvalue weighted by molar-refractivity contribution is 0.0909. The molecule has 0 saturated heterocycles. The first kappa shape index (κ1) is 21.8. The molecule has 6 heteroatoms. The Morgan fingerprint density at radius 2 is 1.93 bits per heavy atom. The minimum atomic E-state index is -0.512. The van der Waals surface area contributed by atoms with Crippen LogP contribution >= 0.6 is 11.6 Å². The highest BCUT2D eigenvalue weighted by Gasteiger charge is 2.11. The number of anilines is 1. The molecule has 3 N–H and O–H groups in total. The Morgan fingerprint density at radius 3 is 2.63 bits per heavy atom. The Balaban J connectivity index is 1.74. The molecule has 0 saturated carbocycles. The third kappa shape index (κ3) is 5.58. The maximum atomic E-state index is 12.4. The minimum absolute atomic E-state index is 0.00413. The van der Waals surface area contributed by atoms with Gasteiger partial charge in [0.1, 0.15) is 5.82 Å². The molecule has 0 radical (unpaired) electrons. The summed E-state index contributed by atoms with van der Waals surface area (Å²) >= 11 is 6.12. The van der Waals surface area contributed by atoms with Crippen molar-refractivity contribution in [2.24, 2.45) is 0 Å². The first-order valence-corrected chi connectivity index (χ1v) is 10.0. The van der Waals surface area contributed by atoms with Crippen LogP contribution in [-0.4, -0.2) is 47.5 Å². The molecule has 0 fully saturated rings. The number of pyridine rings is 1. The summed E-state index contributed by atoms with van der Waals surface area (Å²) in [7, 11) is 3.78. The quantitative estimate of drug-likeness (QED) is 0.468. The minimum Gasteiger partial charge on any atom is -0.392 e. The van der Waals surface area contributed by atoms with Gasteiger partial charge in [-0.15, -0.1) is 0 Å². The predicted octanol–water partition coefficient (Wildman–Crippen LogP) is 3.76. The van der Waals surface area contributed by atoms with E-state index >= 15 is 0 Å². The molecule has 0 spiro atoms. The largest absolute Gasteiger partial charge is 0.392 e. The molecule has 30 heavy (non-hydrogen) atoms. The summed E-state index contributed by atoms with van der Waals surface area (Å²) in [5, 5.41) is 12.3. The normalized spacial score (nSPS) is 11.9. The van der Waals surface area contributed by atoms with Gasteiger partial charge in [0.25, 0.3) is 0 Å². The summed E-state index contributed by atoms with van der Waals surface area (Å²) in [5.74, 6) is 6.52. The Hall–Kier alpha value is -2.91. The number of nitrogens with zero attached hydrogens (tertiary/aromatic N) is 2. The Morgan fingerprint density at radius 1 is 1.20 bits per heavy atom. The topological polar surface area (TPSA) is 79.5 Å². The van der Waals surface area contributed by atoms with Gasteiger partial charge in [-0.05, 0) is 44.8 Å². The maximum absolute atomic E-state index is 12.4. The third-order valence-electron chi connectivity index (χ3n) is 4.70. The van der Waals surface area contributed by atoms with Crippen LogP contribution in [0, 0.1) is 11.8 Å². The highest BCUT2D eigenvalue weighted by Crippen LogP contribution is 2.25. The molecule has 1 unspecified atom stereocenters. The molecule has 2 aromatic carbocycles. The fourth-order valence-corrected chi connectivity index (χ4v) is 3.33. The lowest BCUT2D eigenvalue weighted by Gasteiger charge is -2.15. The summed E-state index contributed by atoms with van der Waals surface area (Å²) in [6.07, 6.45) is 1.93. The fraction of sp³-hybridized carbons (Fsp3) is 0.250. The number of benzene rings is 2. The molecule has 0 aliphatic rings. The van der Waals surface area contributed by atoms with Crippen molar-refractivity contribution in [3.63, 3.8) is 0 Å². The van der Waals surface area contributed by atoms with Gasteiger partial charge in [0.05, 0.1) is 11.7 Å². The number of aromatic nitrogens is 1. The van der Waals surface area contributed by atoms with E-state index in [-0.39, 0.29) is 5.78 Å². The number of fused-ring (bicyclic) bond motifs is 1. The van der Waals surface area contributed by atoms with Crippen molar-refractivity contribution < 1.29 is 9.90 Å². The van der Waals surface area contributed by atoms with Gasteiger partial charge in [0.15, 0.2) is 5.78 Å². The Labute approximate surface area is 181 Å². The van der Waals surface area contributed by atoms with Crippen LogP contribution in [0.25, 0.3) is 10.8 Å². The molecule has 0 aliphatic carbocycles. The van der Waals surface area contributed by atoms with Gasteiger partial charge in [0, 0.05) is 46.1 Å². The number of aliphatic hydroxyl groups is 1. The molecule has 3 aromatic rings. The molecule has 0 aliphatic heterocycles. The number of hydrogen-bond acceptors (Lipinski definition) is 5. The van der Waals surface area contributed by atoms with Gasteiger partial charge < -0.3 is 15.7 Å². The van der Waals surface area contributed by atoms with Gasteiger partial charge in [-0.2, -0.15) is 0 Å². The molecule has 1 aromatic heterocycles. The second-order valence-electron chi connectivity index (χ2n) is 7.46. The SMILES string of the molecule is CN(C)CC(O)CCC(=O)c1ccc(C#Cc2c(N)ncc3ccc(Cl)cc23)cc1. The molecule has 0 amide bonds. The van der Waals surface area contributed by atoms with E-state index in [4.69, 9.17) is 17.3 Å². The van der Waals surface area contributed by atoms with Crippen LogP contribution in [0.3, 0.4) is 0 Å². The zero-order valence-corrected chi connectivity index (χ0v) is 17.8. The molecule has 3 rings (SSSR count). The fourth-order valence-electron chi connectivity index (χ4n) is 3.16. The number of nitrogens with two attached hydrogens (primary N) is 1. The summed E-state index contributed by atoms with van der Waals surface area (Å²) in [6.45, 7) is 0.541. The van der Waals surface area contributed by atoms with Crippen molar-refractivity contribution in [2.45, 2.75) is 18.9 Å². The number of ketones is 1. The molecule has 1 heterocycles. The van der Waals surface area contributed by atoms with Gasteiger partial charge >= 0.3 is 0 Å². The van der Waals surface area contributed by atoms with E-state index in [1.165, 1.54) is 0 Å². The number of aliphatic hydroxyl groups excluding tert-OH is 1. The highest BCUT2D eigenvalue weighted by atomic mass is 35.5. The van der Waals surface area contributed by atoms with Crippen molar-refractivity contribution in [1.82, 2.24) is 9.88 Å². The Kier molecular flexibility index (Phi) is 7.07. The van der Waals surface area contributed by atoms with Crippen LogP contribution < -0.4 is 5.73 Å². The van der Waals surface area contributed by atoms with Gasteiger partial charge in [0.2, 0.25) is 0 Å². The van der Waals surface area contributed by atoms with E-state index in [1.807, 2.05) is 31.1 Å². The van der Waals surface area contributed by atoms with Crippen LogP contribution in [0.4, 0.5) is 5.82 Å². The molecule has 154 valence electrons. The summed E-state index contributed by atoms with van der Waals surface area (Å²) in [5.41, 5.74) is 8.03. The number of likely N-dealkylation sites (N-methyl/N-ethyl adjacent to an activating group) is 1. The number of carbonyl (C=O) groups excluding carboxylic acids is 1. The van der Waals surface area contributed by atoms with Crippen LogP contribution in [0.15, 0.2) is 48.7 Å². The third-order valence-corrected chi connectivity index (χ3v) is 4.94. The van der Waals surface area contributed by atoms with E-state index in [0.717, 1.165) is 16.3 Å². The number of Topliss-reactive ketones (excluding diaryl/α,β-unsaturated/α-hetero) is 1. The molecule has 0 bridgehead atoms. The summed E-state index contributed by atoms with van der Waals surface area (Å²) < 4.78 is 0. The van der Waals surface area contributed by atoms with Gasteiger partial charge in [-0.25, -0.2) is 4.98 Å². The monoisotopic (exact) mass is 421 g/mol. The summed E-state index contributed by atoms with van der Waals surface area (Å²) in [4.78, 5) is 18.5. The second-order valence-corrected chi connectivity index (χ2v) is 7.89. The van der Waals surface area contributed by atoms with Gasteiger partial charge in [-0.3, -0.25) is 4.79 Å². The van der Waals surface area contributed by atoms with Crippen LogP contribution in [-0.2, 0) is 0 Å². The number of rotatable bonds is 6. The lowest BCUT2D eigenvalue weighted by Crippen LogP contribution is -2.26. The van der Waals surface area contributed by atoms with Crippen LogP contribution in [0.2, 0.25) is 5.02 Å². The van der Waals surface area contributed by atoms with Crippen molar-refractivity contribution in [2.75, 3.05) is 26.4 Å². The zero-order chi connectivity index (χ0) is 21.7. The maximum Gasteiger partial charge on any atom is 0.162 e. The predicted molar refractivity (Wildman–Crippen MR) is 122 cm³/mol. The standard InChI is InChI=1S/C24H24ClN3O2/c1-28(2)15-20(29)10-12-23(30)17-6-3-16(4-7-17)5-11-21-22-13-19(25)9-8-18(22)14-27-24(21)26/h3-4,6-9,13-14,20,29H,10,12,15H2,1-2H3,(H2,26,27). The van der Waals surface area contributed by atoms with E-state index < -0.39 is 6.10 Å². The molecule has 1 atom stereocenters. The van der Waals surface area contributed by atoms with Crippen molar-refractivity contribution in [3.8, 4) is 11.8 Å². The second kappa shape index (κ2) is 9.73. The van der Waals surface area contributed by atoms with Crippen molar-refractivity contribution in [3.05, 3.63) is 70.4 Å². The number of carbonyl (C=O) groups is 1. The Bertz CT molecular complexity index is 1110. The zero-order valence-electron chi connectivity index (χ0n) is 17.0.